The van der Waals surface area contributed by atoms with Crippen LogP contribution in [0.1, 0.15) is 79.1 Å². The molecule has 4 aliphatic carbocycles. The van der Waals surface area contributed by atoms with Crippen molar-refractivity contribution in [2.75, 3.05) is 6.61 Å². The van der Waals surface area contributed by atoms with Gasteiger partial charge in [-0.3, -0.25) is 14.4 Å². The van der Waals surface area contributed by atoms with E-state index in [0.29, 0.717) is 30.8 Å². The molecule has 0 aromatic heterocycles. The van der Waals surface area contributed by atoms with E-state index in [1.54, 1.807) is 0 Å². The molecule has 3 fully saturated rings. The monoisotopic (exact) mass is 402 g/mol. The fraction of sp³-hybridized carbons (Fsp3) is 0.792. The molecule has 4 aliphatic rings. The van der Waals surface area contributed by atoms with Gasteiger partial charge in [-0.25, -0.2) is 0 Å². The van der Waals surface area contributed by atoms with Gasteiger partial charge in [0.05, 0.1) is 0 Å². The fourth-order valence-electron chi connectivity index (χ4n) is 7.59. The van der Waals surface area contributed by atoms with Gasteiger partial charge in [-0.1, -0.05) is 12.5 Å². The second-order valence-electron chi connectivity index (χ2n) is 10.1. The number of esters is 2. The van der Waals surface area contributed by atoms with Gasteiger partial charge in [0.25, 0.3) is 0 Å². The van der Waals surface area contributed by atoms with Crippen LogP contribution in [-0.2, 0) is 23.9 Å². The van der Waals surface area contributed by atoms with Crippen LogP contribution < -0.4 is 0 Å². The molecule has 0 aromatic rings. The van der Waals surface area contributed by atoms with E-state index in [-0.39, 0.29) is 34.7 Å². The highest BCUT2D eigenvalue weighted by atomic mass is 16.5. The molecule has 0 aliphatic heterocycles. The number of rotatable bonds is 3. The number of carbonyl (C=O) groups is 3. The third kappa shape index (κ3) is 3.16. The highest BCUT2D eigenvalue weighted by Gasteiger charge is 2.61. The van der Waals surface area contributed by atoms with E-state index in [1.807, 2.05) is 6.92 Å². The van der Waals surface area contributed by atoms with Crippen LogP contribution in [-0.4, -0.2) is 30.4 Å². The molecule has 3 saturated carbocycles. The standard InChI is InChI=1S/C24H34O5/c1-14-18-6-5-17-19-7-8-22(29-16(3)26)23(19,4)11-9-20(17)24(18,12-10-21(14)27)13-28-15(2)25/h17,19-20,22H,5-13H2,1-4H3/t17-,19-,20-,22-,23-,24+/m0/s1. The molecular formula is C24H34O5. The molecule has 0 bridgehead atoms. The third-order valence-corrected chi connectivity index (χ3v) is 8.90. The molecule has 0 radical (unpaired) electrons. The molecule has 0 unspecified atom stereocenters. The number of hydrogen-bond acceptors (Lipinski definition) is 5. The van der Waals surface area contributed by atoms with Crippen molar-refractivity contribution in [2.24, 2.45) is 28.6 Å². The topological polar surface area (TPSA) is 69.7 Å². The Morgan fingerprint density at radius 2 is 1.76 bits per heavy atom. The van der Waals surface area contributed by atoms with E-state index in [4.69, 9.17) is 9.47 Å². The number of carbonyl (C=O) groups excluding carboxylic acids is 3. The van der Waals surface area contributed by atoms with Gasteiger partial charge < -0.3 is 9.47 Å². The molecule has 0 spiro atoms. The number of fused-ring (bicyclic) bond motifs is 5. The lowest BCUT2D eigenvalue weighted by Crippen LogP contribution is -2.54. The van der Waals surface area contributed by atoms with Gasteiger partial charge in [0.1, 0.15) is 12.7 Å². The number of ether oxygens (including phenoxy) is 2. The predicted molar refractivity (Wildman–Crippen MR) is 108 cm³/mol. The highest BCUT2D eigenvalue weighted by molar-refractivity contribution is 5.96. The summed E-state index contributed by atoms with van der Waals surface area (Å²) in [5.74, 6) is 1.33. The first-order chi connectivity index (χ1) is 13.7. The van der Waals surface area contributed by atoms with E-state index in [9.17, 15) is 14.4 Å². The van der Waals surface area contributed by atoms with Crippen molar-refractivity contribution in [2.45, 2.75) is 85.2 Å². The minimum Gasteiger partial charge on any atom is -0.465 e. The highest BCUT2D eigenvalue weighted by Crippen LogP contribution is 2.66. The molecule has 0 N–H and O–H groups in total. The minimum absolute atomic E-state index is 0.0157. The van der Waals surface area contributed by atoms with Crippen molar-refractivity contribution in [1.29, 1.82) is 0 Å². The van der Waals surface area contributed by atoms with Crippen LogP contribution in [0.2, 0.25) is 0 Å². The molecule has 29 heavy (non-hydrogen) atoms. The summed E-state index contributed by atoms with van der Waals surface area (Å²) in [6, 6.07) is 0. The third-order valence-electron chi connectivity index (χ3n) is 8.90. The van der Waals surface area contributed by atoms with Crippen LogP contribution in [0.25, 0.3) is 0 Å². The zero-order chi connectivity index (χ0) is 21.0. The van der Waals surface area contributed by atoms with E-state index in [2.05, 4.69) is 6.92 Å². The molecule has 0 saturated heterocycles. The lowest BCUT2D eigenvalue weighted by atomic mass is 9.46. The summed E-state index contributed by atoms with van der Waals surface area (Å²) in [5.41, 5.74) is 2.03. The average Bonchev–Trinajstić information content (AvgIpc) is 2.99. The van der Waals surface area contributed by atoms with Crippen molar-refractivity contribution < 1.29 is 23.9 Å². The lowest BCUT2D eigenvalue weighted by Gasteiger charge is -2.58. The molecular weight excluding hydrogens is 368 g/mol. The Kier molecular flexibility index (Phi) is 5.15. The van der Waals surface area contributed by atoms with Crippen LogP contribution in [0.5, 0.6) is 0 Å². The van der Waals surface area contributed by atoms with Crippen LogP contribution >= 0.6 is 0 Å². The first-order valence-corrected chi connectivity index (χ1v) is 11.2. The largest absolute Gasteiger partial charge is 0.465 e. The average molecular weight is 403 g/mol. The van der Waals surface area contributed by atoms with Crippen molar-refractivity contribution in [3.63, 3.8) is 0 Å². The normalized spacial score (nSPS) is 41.3. The quantitative estimate of drug-likeness (QED) is 0.655. The maximum Gasteiger partial charge on any atom is 0.302 e. The Hall–Kier alpha value is -1.65. The van der Waals surface area contributed by atoms with E-state index >= 15 is 0 Å². The summed E-state index contributed by atoms with van der Waals surface area (Å²) in [4.78, 5) is 35.8. The van der Waals surface area contributed by atoms with Gasteiger partial charge in [-0.05, 0) is 75.2 Å². The Morgan fingerprint density at radius 3 is 2.45 bits per heavy atom. The Labute approximate surface area is 173 Å². The molecule has 0 aromatic carbocycles. The Balaban J connectivity index is 1.68. The van der Waals surface area contributed by atoms with E-state index in [1.165, 1.54) is 19.4 Å². The maximum absolute atomic E-state index is 12.5. The summed E-state index contributed by atoms with van der Waals surface area (Å²) < 4.78 is 11.4. The number of Topliss-reactive ketones (excluding diaryl/α,β-unsaturated/α-hetero) is 1. The van der Waals surface area contributed by atoms with E-state index in [0.717, 1.165) is 50.5 Å². The molecule has 5 heteroatoms. The van der Waals surface area contributed by atoms with Crippen molar-refractivity contribution in [3.05, 3.63) is 11.1 Å². The zero-order valence-corrected chi connectivity index (χ0v) is 18.2. The summed E-state index contributed by atoms with van der Waals surface area (Å²) >= 11 is 0. The van der Waals surface area contributed by atoms with Gasteiger partial charge in [-0.2, -0.15) is 0 Å². The first-order valence-electron chi connectivity index (χ1n) is 11.2. The van der Waals surface area contributed by atoms with Gasteiger partial charge in [-0.15, -0.1) is 0 Å². The van der Waals surface area contributed by atoms with Crippen molar-refractivity contribution in [3.8, 4) is 0 Å². The van der Waals surface area contributed by atoms with Crippen LogP contribution in [0, 0.1) is 28.6 Å². The molecule has 0 heterocycles. The number of ketones is 1. The van der Waals surface area contributed by atoms with Gasteiger partial charge in [0.15, 0.2) is 5.78 Å². The van der Waals surface area contributed by atoms with E-state index < -0.39 is 0 Å². The lowest BCUT2D eigenvalue weighted by molar-refractivity contribution is -0.159. The van der Waals surface area contributed by atoms with Crippen molar-refractivity contribution >= 4 is 17.7 Å². The summed E-state index contributed by atoms with van der Waals surface area (Å²) in [7, 11) is 0. The van der Waals surface area contributed by atoms with Crippen LogP contribution in [0.15, 0.2) is 11.1 Å². The summed E-state index contributed by atoms with van der Waals surface area (Å²) in [5, 5.41) is 0. The van der Waals surface area contributed by atoms with Gasteiger partial charge in [0.2, 0.25) is 0 Å². The zero-order valence-electron chi connectivity index (χ0n) is 18.2. The van der Waals surface area contributed by atoms with Crippen LogP contribution in [0.3, 0.4) is 0 Å². The summed E-state index contributed by atoms with van der Waals surface area (Å²) in [6.07, 6.45) is 7.48. The van der Waals surface area contributed by atoms with Gasteiger partial charge >= 0.3 is 11.9 Å². The smallest absolute Gasteiger partial charge is 0.302 e. The maximum atomic E-state index is 12.5. The minimum atomic E-state index is -0.244. The Morgan fingerprint density at radius 1 is 1.00 bits per heavy atom. The van der Waals surface area contributed by atoms with Gasteiger partial charge in [0, 0.05) is 31.1 Å². The second-order valence-corrected chi connectivity index (χ2v) is 10.1. The molecule has 160 valence electrons. The predicted octanol–water partition coefficient (Wildman–Crippen LogP) is 4.38. The molecule has 5 nitrogen and oxygen atoms in total. The second kappa shape index (κ2) is 7.24. The molecule has 0 amide bonds. The summed E-state index contributed by atoms with van der Waals surface area (Å²) in [6.45, 7) is 7.67. The van der Waals surface area contributed by atoms with Crippen molar-refractivity contribution in [1.82, 2.24) is 0 Å². The SMILES string of the molecule is CC(=O)OC[C@]12CCC(=O)C(C)=C1CC[C@@H]1[C@@H]2CC[C@]2(C)[C@@H](OC(C)=O)CC[C@@H]12. The number of hydrogen-bond donors (Lipinski definition) is 0. The fourth-order valence-corrected chi connectivity index (χ4v) is 7.59. The first kappa shape index (κ1) is 20.6. The van der Waals surface area contributed by atoms with Crippen LogP contribution in [0.4, 0.5) is 0 Å². The molecule has 6 atom stereocenters. The molecule has 4 rings (SSSR count). The Bertz CT molecular complexity index is 767.